The molecular formula is C5H8NO. The monoisotopic (exact) mass is 98.1 g/mol. The Labute approximate surface area is 43.5 Å². The number of nitrogens with zero attached hydrogens (tertiary/aromatic N) is 1. The summed E-state index contributed by atoms with van der Waals surface area (Å²) in [6.07, 6.45) is 2.53. The van der Waals surface area contributed by atoms with Gasteiger partial charge in [-0.3, -0.25) is 0 Å². The van der Waals surface area contributed by atoms with E-state index >= 15 is 0 Å². The summed E-state index contributed by atoms with van der Waals surface area (Å²) < 4.78 is 0. The highest BCUT2D eigenvalue weighted by Crippen LogP contribution is 1.80. The standard InChI is InChI=1S/C5H8NO/c1-3-4-5-7-6-2/h2-3H,1,4-5H2. The smallest absolute Gasteiger partial charge is 0.120 e. The van der Waals surface area contributed by atoms with Crippen molar-refractivity contribution in [3.05, 3.63) is 12.7 Å². The summed E-state index contributed by atoms with van der Waals surface area (Å²) in [4.78, 5) is 4.41. The van der Waals surface area contributed by atoms with E-state index in [0.717, 1.165) is 6.42 Å². The molecule has 0 atom stereocenters. The lowest BCUT2D eigenvalue weighted by Gasteiger charge is -1.88. The van der Waals surface area contributed by atoms with E-state index in [9.17, 15) is 0 Å². The SMILES string of the molecule is [CH]=NOCCC=C. The van der Waals surface area contributed by atoms with Crippen molar-refractivity contribution in [1.29, 1.82) is 0 Å². The van der Waals surface area contributed by atoms with E-state index in [2.05, 4.69) is 23.3 Å². The summed E-state index contributed by atoms with van der Waals surface area (Å²) in [5.74, 6) is 0. The van der Waals surface area contributed by atoms with Crippen molar-refractivity contribution in [3.8, 4) is 0 Å². The fourth-order valence-corrected chi connectivity index (χ4v) is 0.189. The number of hydrogen-bond donors (Lipinski definition) is 0. The molecule has 0 aromatic carbocycles. The van der Waals surface area contributed by atoms with E-state index in [-0.39, 0.29) is 0 Å². The van der Waals surface area contributed by atoms with Gasteiger partial charge in [-0.1, -0.05) is 11.2 Å². The third-order valence-electron chi connectivity index (χ3n) is 0.488. The van der Waals surface area contributed by atoms with E-state index < -0.39 is 0 Å². The van der Waals surface area contributed by atoms with Crippen LogP contribution < -0.4 is 0 Å². The van der Waals surface area contributed by atoms with Crippen LogP contribution in [0.2, 0.25) is 0 Å². The Morgan fingerprint density at radius 3 is 3.00 bits per heavy atom. The Morgan fingerprint density at radius 2 is 2.57 bits per heavy atom. The zero-order valence-corrected chi connectivity index (χ0v) is 4.13. The van der Waals surface area contributed by atoms with E-state index in [0.29, 0.717) is 6.61 Å². The average Bonchev–Trinajstić information content (AvgIpc) is 1.69. The molecule has 0 fully saturated rings. The minimum atomic E-state index is 0.528. The molecule has 1 radical (unpaired) electrons. The van der Waals surface area contributed by atoms with Crippen LogP contribution in [-0.2, 0) is 4.84 Å². The van der Waals surface area contributed by atoms with Crippen LogP contribution in [0.25, 0.3) is 0 Å². The van der Waals surface area contributed by atoms with Gasteiger partial charge in [0, 0.05) is 6.42 Å². The predicted molar refractivity (Wildman–Crippen MR) is 29.3 cm³/mol. The second-order valence-electron chi connectivity index (χ2n) is 1.02. The first-order valence-corrected chi connectivity index (χ1v) is 2.05. The van der Waals surface area contributed by atoms with Gasteiger partial charge in [0.2, 0.25) is 0 Å². The molecule has 0 bridgehead atoms. The van der Waals surface area contributed by atoms with Gasteiger partial charge in [0.25, 0.3) is 0 Å². The van der Waals surface area contributed by atoms with Crippen molar-refractivity contribution >= 4 is 6.72 Å². The maximum Gasteiger partial charge on any atom is 0.120 e. The summed E-state index contributed by atoms with van der Waals surface area (Å²) in [7, 11) is 0. The highest BCUT2D eigenvalue weighted by atomic mass is 16.6. The minimum absolute atomic E-state index is 0.528. The summed E-state index contributed by atoms with van der Waals surface area (Å²) in [5.41, 5.74) is 0. The Bertz CT molecular complexity index is 53.1. The highest BCUT2D eigenvalue weighted by Gasteiger charge is 1.73. The third kappa shape index (κ3) is 5.21. The van der Waals surface area contributed by atoms with Gasteiger partial charge in [0.05, 0.1) is 6.72 Å². The molecule has 2 nitrogen and oxygen atoms in total. The lowest BCUT2D eigenvalue weighted by molar-refractivity contribution is 0.152. The molecule has 0 saturated heterocycles. The molecule has 39 valence electrons. The fourth-order valence-electron chi connectivity index (χ4n) is 0.189. The Balaban J connectivity index is 2.68. The van der Waals surface area contributed by atoms with E-state index in [1.54, 1.807) is 6.08 Å². The largest absolute Gasteiger partial charge is 0.395 e. The molecule has 0 N–H and O–H groups in total. The normalized spacial score (nSPS) is 7.43. The molecule has 0 amide bonds. The van der Waals surface area contributed by atoms with E-state index in [1.807, 2.05) is 0 Å². The zero-order chi connectivity index (χ0) is 5.54. The van der Waals surface area contributed by atoms with Gasteiger partial charge in [-0.05, 0) is 0 Å². The number of rotatable bonds is 4. The highest BCUT2D eigenvalue weighted by molar-refractivity contribution is 5.21. The van der Waals surface area contributed by atoms with Crippen LogP contribution in [-0.4, -0.2) is 13.3 Å². The van der Waals surface area contributed by atoms with E-state index in [4.69, 9.17) is 0 Å². The molecule has 0 unspecified atom stereocenters. The molecule has 0 spiro atoms. The molecule has 7 heavy (non-hydrogen) atoms. The van der Waals surface area contributed by atoms with Gasteiger partial charge >= 0.3 is 0 Å². The van der Waals surface area contributed by atoms with Crippen molar-refractivity contribution in [3.63, 3.8) is 0 Å². The van der Waals surface area contributed by atoms with Crippen molar-refractivity contribution in [2.75, 3.05) is 6.61 Å². The van der Waals surface area contributed by atoms with Crippen LogP contribution in [0.1, 0.15) is 6.42 Å². The molecule has 0 rings (SSSR count). The summed E-state index contributed by atoms with van der Waals surface area (Å²) in [5, 5.41) is 2.93. The molecule has 0 saturated carbocycles. The summed E-state index contributed by atoms with van der Waals surface area (Å²) >= 11 is 0. The third-order valence-corrected chi connectivity index (χ3v) is 0.488. The summed E-state index contributed by atoms with van der Waals surface area (Å²) in [6.45, 7) is 8.64. The molecule has 0 aromatic heterocycles. The lowest BCUT2D eigenvalue weighted by atomic mass is 10.5. The van der Waals surface area contributed by atoms with Crippen molar-refractivity contribution in [2.45, 2.75) is 6.42 Å². The van der Waals surface area contributed by atoms with Crippen LogP contribution in [0.5, 0.6) is 0 Å². The molecule has 0 heterocycles. The van der Waals surface area contributed by atoms with Crippen LogP contribution in [0.15, 0.2) is 17.8 Å². The van der Waals surface area contributed by atoms with Gasteiger partial charge in [-0.25, -0.2) is 0 Å². The quantitative estimate of drug-likeness (QED) is 0.223. The van der Waals surface area contributed by atoms with Gasteiger partial charge < -0.3 is 4.84 Å². The number of hydrogen-bond acceptors (Lipinski definition) is 2. The van der Waals surface area contributed by atoms with Crippen molar-refractivity contribution < 1.29 is 4.84 Å². The zero-order valence-electron chi connectivity index (χ0n) is 4.13. The van der Waals surface area contributed by atoms with Crippen LogP contribution in [0.4, 0.5) is 0 Å². The van der Waals surface area contributed by atoms with Crippen LogP contribution in [0, 0.1) is 0 Å². The van der Waals surface area contributed by atoms with Gasteiger partial charge in [0.15, 0.2) is 0 Å². The van der Waals surface area contributed by atoms with Crippen LogP contribution >= 0.6 is 0 Å². The maximum absolute atomic E-state index is 4.64. The summed E-state index contributed by atoms with van der Waals surface area (Å²) in [6, 6.07) is 0. The van der Waals surface area contributed by atoms with E-state index in [1.165, 1.54) is 0 Å². The molecule has 0 aliphatic heterocycles. The second-order valence-corrected chi connectivity index (χ2v) is 1.02. The minimum Gasteiger partial charge on any atom is -0.395 e. The Morgan fingerprint density at radius 1 is 1.86 bits per heavy atom. The Kier molecular flexibility index (Phi) is 4.62. The van der Waals surface area contributed by atoms with Gasteiger partial charge in [-0.2, -0.15) is 0 Å². The second kappa shape index (κ2) is 5.21. The van der Waals surface area contributed by atoms with Crippen molar-refractivity contribution in [1.82, 2.24) is 0 Å². The molecule has 0 aliphatic rings. The molecule has 0 aromatic rings. The first-order valence-electron chi connectivity index (χ1n) is 2.05. The average molecular weight is 98.1 g/mol. The van der Waals surface area contributed by atoms with Gasteiger partial charge in [-0.15, -0.1) is 6.58 Å². The lowest BCUT2D eigenvalue weighted by Crippen LogP contribution is -1.81. The fraction of sp³-hybridized carbons (Fsp3) is 0.400. The topological polar surface area (TPSA) is 21.6 Å². The van der Waals surface area contributed by atoms with Crippen molar-refractivity contribution in [2.24, 2.45) is 5.16 Å². The predicted octanol–water partition coefficient (Wildman–Crippen LogP) is 1.07. The first kappa shape index (κ1) is 6.21. The maximum atomic E-state index is 4.64. The Hall–Kier alpha value is -0.790. The first-order chi connectivity index (χ1) is 3.41. The van der Waals surface area contributed by atoms with Crippen LogP contribution in [0.3, 0.4) is 0 Å². The molecule has 2 heteroatoms. The van der Waals surface area contributed by atoms with Gasteiger partial charge in [0.1, 0.15) is 6.61 Å². The molecular weight excluding hydrogens is 90.1 g/mol. The molecule has 0 aliphatic carbocycles.